The molecule has 0 bridgehead atoms. The summed E-state index contributed by atoms with van der Waals surface area (Å²) in [4.78, 5) is 0. The van der Waals surface area contributed by atoms with E-state index in [1.54, 1.807) is 0 Å². The maximum Gasteiger partial charge on any atom is 0.0660 e. The molecule has 1 unspecified atom stereocenters. The first kappa shape index (κ1) is 11.1. The molecule has 1 aromatic carbocycles. The van der Waals surface area contributed by atoms with Gasteiger partial charge in [0.25, 0.3) is 0 Å². The second kappa shape index (κ2) is 6.48. The van der Waals surface area contributed by atoms with Crippen LogP contribution >= 0.6 is 11.6 Å². The van der Waals surface area contributed by atoms with E-state index in [1.807, 2.05) is 30.3 Å². The summed E-state index contributed by atoms with van der Waals surface area (Å²) in [7, 11) is 0. The molecule has 0 heterocycles. The van der Waals surface area contributed by atoms with Gasteiger partial charge >= 0.3 is 0 Å². The third kappa shape index (κ3) is 4.32. The predicted octanol–water partition coefficient (Wildman–Crippen LogP) is 2.42. The highest BCUT2D eigenvalue weighted by atomic mass is 35.5. The molecule has 1 nitrogen and oxygen atoms in total. The number of aliphatic hydroxyl groups excluding tert-OH is 1. The van der Waals surface area contributed by atoms with Crippen molar-refractivity contribution in [1.29, 1.82) is 0 Å². The van der Waals surface area contributed by atoms with Gasteiger partial charge in [0, 0.05) is 17.9 Å². The highest BCUT2D eigenvalue weighted by Crippen LogP contribution is 1.99. The lowest BCUT2D eigenvalue weighted by molar-refractivity contribution is 0.177. The zero-order valence-corrected chi connectivity index (χ0v) is 8.67. The zero-order valence-electron chi connectivity index (χ0n) is 7.91. The highest BCUT2D eigenvalue weighted by Gasteiger charge is 1.98. The number of alkyl halides is 1. The number of hydrogen-bond acceptors (Lipinski definition) is 1. The van der Waals surface area contributed by atoms with Gasteiger partial charge in [-0.05, 0) is 18.6 Å². The molecular formula is C12H13ClO. The van der Waals surface area contributed by atoms with E-state index in [9.17, 15) is 5.11 Å². The lowest BCUT2D eigenvalue weighted by Gasteiger charge is -2.01. The topological polar surface area (TPSA) is 20.2 Å². The van der Waals surface area contributed by atoms with Crippen molar-refractivity contribution in [2.45, 2.75) is 18.9 Å². The van der Waals surface area contributed by atoms with Crippen LogP contribution in [0.4, 0.5) is 0 Å². The summed E-state index contributed by atoms with van der Waals surface area (Å²) in [5.41, 5.74) is 0.977. The van der Waals surface area contributed by atoms with Crippen LogP contribution in [-0.4, -0.2) is 17.1 Å². The molecule has 1 rings (SSSR count). The van der Waals surface area contributed by atoms with Crippen LogP contribution in [0.2, 0.25) is 0 Å². The van der Waals surface area contributed by atoms with Gasteiger partial charge in [-0.15, -0.1) is 11.6 Å². The van der Waals surface area contributed by atoms with Crippen LogP contribution in [0.1, 0.15) is 18.4 Å². The van der Waals surface area contributed by atoms with Crippen molar-refractivity contribution >= 4 is 11.6 Å². The van der Waals surface area contributed by atoms with E-state index >= 15 is 0 Å². The van der Waals surface area contributed by atoms with Gasteiger partial charge in [-0.3, -0.25) is 0 Å². The molecule has 0 aliphatic heterocycles. The van der Waals surface area contributed by atoms with Crippen LogP contribution in [0.5, 0.6) is 0 Å². The summed E-state index contributed by atoms with van der Waals surface area (Å²) < 4.78 is 0. The summed E-state index contributed by atoms with van der Waals surface area (Å²) >= 11 is 5.48. The fourth-order valence-electron chi connectivity index (χ4n) is 1.02. The Kier molecular flexibility index (Phi) is 5.14. The lowest BCUT2D eigenvalue weighted by Crippen LogP contribution is -2.05. The minimum absolute atomic E-state index is 0.399. The van der Waals surface area contributed by atoms with Crippen molar-refractivity contribution in [2.24, 2.45) is 0 Å². The van der Waals surface area contributed by atoms with Crippen LogP contribution in [0.25, 0.3) is 0 Å². The van der Waals surface area contributed by atoms with Gasteiger partial charge in [-0.2, -0.15) is 0 Å². The van der Waals surface area contributed by atoms with E-state index in [2.05, 4.69) is 11.8 Å². The van der Waals surface area contributed by atoms with E-state index in [0.29, 0.717) is 18.7 Å². The van der Waals surface area contributed by atoms with Gasteiger partial charge in [0.15, 0.2) is 0 Å². The Bertz CT molecular complexity index is 310. The third-order valence-corrected chi connectivity index (χ3v) is 2.00. The summed E-state index contributed by atoms with van der Waals surface area (Å²) in [5, 5.41) is 9.34. The van der Waals surface area contributed by atoms with E-state index in [1.165, 1.54) is 0 Å². The van der Waals surface area contributed by atoms with Crippen molar-refractivity contribution in [1.82, 2.24) is 0 Å². The molecule has 0 radical (unpaired) electrons. The molecule has 0 saturated heterocycles. The van der Waals surface area contributed by atoms with Gasteiger partial charge in [-0.25, -0.2) is 0 Å². The van der Waals surface area contributed by atoms with E-state index in [0.717, 1.165) is 5.56 Å². The minimum atomic E-state index is -0.399. The monoisotopic (exact) mass is 208 g/mol. The Hall–Kier alpha value is -0.970. The summed E-state index contributed by atoms with van der Waals surface area (Å²) in [6.45, 7) is 0. The molecule has 1 aromatic rings. The fraction of sp³-hybridized carbons (Fsp3) is 0.333. The van der Waals surface area contributed by atoms with Gasteiger partial charge < -0.3 is 5.11 Å². The van der Waals surface area contributed by atoms with Crippen molar-refractivity contribution in [3.63, 3.8) is 0 Å². The Morgan fingerprint density at radius 3 is 2.64 bits per heavy atom. The molecule has 74 valence electrons. The average molecular weight is 209 g/mol. The maximum atomic E-state index is 9.34. The molecular weight excluding hydrogens is 196 g/mol. The summed E-state index contributed by atoms with van der Waals surface area (Å²) in [5.74, 6) is 6.39. The maximum absolute atomic E-state index is 9.34. The van der Waals surface area contributed by atoms with Crippen LogP contribution in [-0.2, 0) is 0 Å². The predicted molar refractivity (Wildman–Crippen MR) is 59.3 cm³/mol. The molecule has 0 saturated carbocycles. The molecule has 0 spiro atoms. The number of aliphatic hydroxyl groups is 1. The number of halogens is 1. The van der Waals surface area contributed by atoms with E-state index < -0.39 is 6.10 Å². The molecule has 0 aliphatic rings. The van der Waals surface area contributed by atoms with Crippen molar-refractivity contribution in [2.75, 3.05) is 5.88 Å². The standard InChI is InChI=1S/C12H13ClO/c13-10-9-12(14)8-4-7-11-5-2-1-3-6-11/h1-3,5-6,12,14H,8-10H2. The molecule has 2 heteroatoms. The van der Waals surface area contributed by atoms with Gasteiger partial charge in [-0.1, -0.05) is 30.0 Å². The molecule has 1 N–H and O–H groups in total. The summed E-state index contributed by atoms with van der Waals surface area (Å²) in [6.07, 6.45) is 0.691. The minimum Gasteiger partial charge on any atom is -0.392 e. The van der Waals surface area contributed by atoms with E-state index in [4.69, 9.17) is 11.6 Å². The van der Waals surface area contributed by atoms with Crippen molar-refractivity contribution < 1.29 is 5.11 Å². The van der Waals surface area contributed by atoms with Gasteiger partial charge in [0.2, 0.25) is 0 Å². The fourth-order valence-corrected chi connectivity index (χ4v) is 1.27. The third-order valence-electron chi connectivity index (χ3n) is 1.79. The smallest absolute Gasteiger partial charge is 0.0660 e. The molecule has 0 aliphatic carbocycles. The number of hydrogen-bond donors (Lipinski definition) is 1. The first-order chi connectivity index (χ1) is 6.83. The summed E-state index contributed by atoms with van der Waals surface area (Å²) in [6, 6.07) is 9.73. The SMILES string of the molecule is OC(CC#Cc1ccccc1)CCCl. The Morgan fingerprint density at radius 1 is 1.29 bits per heavy atom. The Labute approximate surface area is 89.7 Å². The first-order valence-corrected chi connectivity index (χ1v) is 5.14. The van der Waals surface area contributed by atoms with Crippen molar-refractivity contribution in [3.05, 3.63) is 35.9 Å². The Morgan fingerprint density at radius 2 is 2.00 bits per heavy atom. The second-order valence-electron chi connectivity index (χ2n) is 3.00. The molecule has 14 heavy (non-hydrogen) atoms. The molecule has 0 fully saturated rings. The first-order valence-electron chi connectivity index (χ1n) is 4.61. The molecule has 0 amide bonds. The largest absolute Gasteiger partial charge is 0.392 e. The van der Waals surface area contributed by atoms with E-state index in [-0.39, 0.29) is 0 Å². The lowest BCUT2D eigenvalue weighted by atomic mass is 10.2. The quantitative estimate of drug-likeness (QED) is 0.598. The Balaban J connectivity index is 2.41. The van der Waals surface area contributed by atoms with Crippen LogP contribution in [0.15, 0.2) is 30.3 Å². The molecule has 0 aromatic heterocycles. The van der Waals surface area contributed by atoms with Gasteiger partial charge in [0.05, 0.1) is 6.10 Å². The average Bonchev–Trinajstić information content (AvgIpc) is 2.20. The van der Waals surface area contributed by atoms with Crippen molar-refractivity contribution in [3.8, 4) is 11.8 Å². The second-order valence-corrected chi connectivity index (χ2v) is 3.38. The van der Waals surface area contributed by atoms with Gasteiger partial charge in [0.1, 0.15) is 0 Å². The number of benzene rings is 1. The zero-order chi connectivity index (χ0) is 10.2. The van der Waals surface area contributed by atoms with Crippen LogP contribution in [0, 0.1) is 11.8 Å². The normalized spacial score (nSPS) is 11.6. The van der Waals surface area contributed by atoms with Crippen LogP contribution in [0.3, 0.4) is 0 Å². The highest BCUT2D eigenvalue weighted by molar-refractivity contribution is 6.17. The molecule has 1 atom stereocenters. The van der Waals surface area contributed by atoms with Crippen LogP contribution < -0.4 is 0 Å². The number of rotatable bonds is 3.